The fourth-order valence-corrected chi connectivity index (χ4v) is 3.06. The van der Waals surface area contributed by atoms with Crippen LogP contribution in [0.1, 0.15) is 30.9 Å². The molecule has 0 aliphatic heterocycles. The summed E-state index contributed by atoms with van der Waals surface area (Å²) in [5, 5.41) is 2.32. The third-order valence-corrected chi connectivity index (χ3v) is 4.44. The Morgan fingerprint density at radius 3 is 2.65 bits per heavy atom. The van der Waals surface area contributed by atoms with Crippen molar-refractivity contribution in [3.63, 3.8) is 0 Å². The van der Waals surface area contributed by atoms with Crippen LogP contribution in [0, 0.1) is 6.92 Å². The van der Waals surface area contributed by atoms with Gasteiger partial charge in [0.2, 0.25) is 0 Å². The van der Waals surface area contributed by atoms with Crippen molar-refractivity contribution in [2.45, 2.75) is 26.7 Å². The third-order valence-electron chi connectivity index (χ3n) is 4.44. The second-order valence-corrected chi connectivity index (χ2v) is 6.39. The number of nitrogens with zero attached hydrogens (tertiary/aromatic N) is 1. The Hall–Kier alpha value is -2.61. The van der Waals surface area contributed by atoms with Gasteiger partial charge in [-0.05, 0) is 54.3 Å². The monoisotopic (exact) mass is 301 g/mol. The van der Waals surface area contributed by atoms with Crippen molar-refractivity contribution in [2.75, 3.05) is 0 Å². The number of hydrogen-bond donors (Lipinski definition) is 0. The summed E-state index contributed by atoms with van der Waals surface area (Å²) < 4.78 is 6.02. The number of para-hydroxylation sites is 1. The van der Waals surface area contributed by atoms with Crippen LogP contribution in [-0.4, -0.2) is 4.98 Å². The van der Waals surface area contributed by atoms with Gasteiger partial charge in [-0.3, -0.25) is 4.98 Å². The average molecular weight is 301 g/mol. The van der Waals surface area contributed by atoms with Gasteiger partial charge in [-0.15, -0.1) is 0 Å². The minimum atomic E-state index is 0.498. The fraction of sp³-hybridized carbons (Fsp3) is 0.190. The van der Waals surface area contributed by atoms with Gasteiger partial charge >= 0.3 is 0 Å². The SMILES string of the molecule is Cc1cccc2c1oc1ccc(-c3cc(C(C)C)ccn3)cc12. The van der Waals surface area contributed by atoms with Crippen LogP contribution in [0.2, 0.25) is 0 Å². The van der Waals surface area contributed by atoms with Crippen molar-refractivity contribution < 1.29 is 4.42 Å². The van der Waals surface area contributed by atoms with Gasteiger partial charge in [-0.25, -0.2) is 0 Å². The molecule has 0 bridgehead atoms. The van der Waals surface area contributed by atoms with Gasteiger partial charge in [0.25, 0.3) is 0 Å². The standard InChI is InChI=1S/C21H19NO/c1-13(2)15-9-10-22-19(12-15)16-7-8-20-18(11-16)17-6-4-5-14(3)21(17)23-20/h4-13H,1-3H3. The summed E-state index contributed by atoms with van der Waals surface area (Å²) in [6.07, 6.45) is 1.90. The summed E-state index contributed by atoms with van der Waals surface area (Å²) >= 11 is 0. The topological polar surface area (TPSA) is 26.0 Å². The lowest BCUT2D eigenvalue weighted by atomic mass is 10.0. The maximum atomic E-state index is 6.02. The lowest BCUT2D eigenvalue weighted by molar-refractivity contribution is 0.666. The molecule has 0 aliphatic rings. The molecule has 23 heavy (non-hydrogen) atoms. The molecular weight excluding hydrogens is 282 g/mol. The summed E-state index contributed by atoms with van der Waals surface area (Å²) in [5.74, 6) is 0.498. The lowest BCUT2D eigenvalue weighted by Gasteiger charge is -2.07. The zero-order chi connectivity index (χ0) is 16.0. The van der Waals surface area contributed by atoms with Gasteiger partial charge in [0.1, 0.15) is 11.2 Å². The molecule has 0 amide bonds. The van der Waals surface area contributed by atoms with Gasteiger partial charge in [-0.2, -0.15) is 0 Å². The Bertz CT molecular complexity index is 1010. The van der Waals surface area contributed by atoms with Crippen molar-refractivity contribution in [1.29, 1.82) is 0 Å². The van der Waals surface area contributed by atoms with Crippen LogP contribution in [0.3, 0.4) is 0 Å². The molecule has 0 saturated carbocycles. The van der Waals surface area contributed by atoms with E-state index in [4.69, 9.17) is 4.42 Å². The minimum absolute atomic E-state index is 0.498. The highest BCUT2D eigenvalue weighted by Crippen LogP contribution is 2.33. The number of aromatic nitrogens is 1. The van der Waals surface area contributed by atoms with E-state index in [1.54, 1.807) is 0 Å². The smallest absolute Gasteiger partial charge is 0.138 e. The Morgan fingerprint density at radius 1 is 0.957 bits per heavy atom. The molecule has 2 nitrogen and oxygen atoms in total. The predicted molar refractivity (Wildman–Crippen MR) is 95.8 cm³/mol. The summed E-state index contributed by atoms with van der Waals surface area (Å²) in [4.78, 5) is 4.55. The molecule has 4 aromatic rings. The summed E-state index contributed by atoms with van der Waals surface area (Å²) in [6, 6.07) is 16.9. The number of pyridine rings is 1. The van der Waals surface area contributed by atoms with Crippen LogP contribution >= 0.6 is 0 Å². The van der Waals surface area contributed by atoms with E-state index in [0.717, 1.165) is 27.8 Å². The molecule has 4 rings (SSSR count). The number of rotatable bonds is 2. The van der Waals surface area contributed by atoms with Gasteiger partial charge < -0.3 is 4.42 Å². The summed E-state index contributed by atoms with van der Waals surface area (Å²) in [6.45, 7) is 6.49. The maximum absolute atomic E-state index is 6.02. The van der Waals surface area contributed by atoms with E-state index in [9.17, 15) is 0 Å². The molecule has 2 aromatic carbocycles. The molecule has 2 heteroatoms. The Kier molecular flexibility index (Phi) is 3.19. The number of benzene rings is 2. The number of aryl methyl sites for hydroxylation is 1. The van der Waals surface area contributed by atoms with Crippen molar-refractivity contribution in [3.8, 4) is 11.3 Å². The van der Waals surface area contributed by atoms with Crippen LogP contribution in [-0.2, 0) is 0 Å². The molecule has 0 spiro atoms. The van der Waals surface area contributed by atoms with Gasteiger partial charge in [-0.1, -0.05) is 32.0 Å². The van der Waals surface area contributed by atoms with Crippen molar-refractivity contribution in [2.24, 2.45) is 0 Å². The number of hydrogen-bond acceptors (Lipinski definition) is 2. The summed E-state index contributed by atoms with van der Waals surface area (Å²) in [7, 11) is 0. The summed E-state index contributed by atoms with van der Waals surface area (Å²) in [5.41, 5.74) is 6.52. The molecule has 2 aromatic heterocycles. The zero-order valence-electron chi connectivity index (χ0n) is 13.6. The minimum Gasteiger partial charge on any atom is -0.456 e. The highest BCUT2D eigenvalue weighted by Gasteiger charge is 2.11. The van der Waals surface area contributed by atoms with Crippen LogP contribution in [0.5, 0.6) is 0 Å². The number of furan rings is 1. The first kappa shape index (κ1) is 14.0. The van der Waals surface area contributed by atoms with Crippen LogP contribution in [0.25, 0.3) is 33.2 Å². The van der Waals surface area contributed by atoms with Crippen LogP contribution in [0.4, 0.5) is 0 Å². The normalized spacial score (nSPS) is 11.7. The van der Waals surface area contributed by atoms with E-state index in [2.05, 4.69) is 68.2 Å². The maximum Gasteiger partial charge on any atom is 0.138 e. The number of fused-ring (bicyclic) bond motifs is 3. The second kappa shape index (κ2) is 5.24. The van der Waals surface area contributed by atoms with E-state index < -0.39 is 0 Å². The van der Waals surface area contributed by atoms with Gasteiger partial charge in [0.05, 0.1) is 5.69 Å². The van der Waals surface area contributed by atoms with Gasteiger partial charge in [0, 0.05) is 22.5 Å². The first-order chi connectivity index (χ1) is 11.1. The Balaban J connectivity index is 1.93. The molecule has 0 saturated heterocycles. The Labute approximate surface area is 135 Å². The second-order valence-electron chi connectivity index (χ2n) is 6.39. The molecule has 0 fully saturated rings. The molecule has 0 N–H and O–H groups in total. The first-order valence-electron chi connectivity index (χ1n) is 8.01. The zero-order valence-corrected chi connectivity index (χ0v) is 13.6. The van der Waals surface area contributed by atoms with E-state index in [1.807, 2.05) is 12.3 Å². The van der Waals surface area contributed by atoms with Gasteiger partial charge in [0.15, 0.2) is 0 Å². The van der Waals surface area contributed by atoms with E-state index in [1.165, 1.54) is 16.5 Å². The van der Waals surface area contributed by atoms with E-state index >= 15 is 0 Å². The van der Waals surface area contributed by atoms with Crippen molar-refractivity contribution in [1.82, 2.24) is 4.98 Å². The van der Waals surface area contributed by atoms with Crippen LogP contribution in [0.15, 0.2) is 59.1 Å². The highest BCUT2D eigenvalue weighted by atomic mass is 16.3. The fourth-order valence-electron chi connectivity index (χ4n) is 3.06. The van der Waals surface area contributed by atoms with Crippen molar-refractivity contribution >= 4 is 21.9 Å². The molecule has 0 aliphatic carbocycles. The van der Waals surface area contributed by atoms with Crippen molar-refractivity contribution in [3.05, 3.63) is 65.9 Å². The third kappa shape index (κ3) is 2.31. The Morgan fingerprint density at radius 2 is 1.83 bits per heavy atom. The van der Waals surface area contributed by atoms with Crippen LogP contribution < -0.4 is 0 Å². The lowest BCUT2D eigenvalue weighted by Crippen LogP contribution is -1.90. The molecule has 0 unspecified atom stereocenters. The predicted octanol–water partition coefficient (Wildman–Crippen LogP) is 6.08. The average Bonchev–Trinajstić information content (AvgIpc) is 2.94. The molecule has 0 radical (unpaired) electrons. The highest BCUT2D eigenvalue weighted by molar-refractivity contribution is 6.07. The molecule has 114 valence electrons. The quantitative estimate of drug-likeness (QED) is 0.448. The first-order valence-corrected chi connectivity index (χ1v) is 8.01. The molecule has 0 atom stereocenters. The largest absolute Gasteiger partial charge is 0.456 e. The van der Waals surface area contributed by atoms with E-state index in [0.29, 0.717) is 5.92 Å². The van der Waals surface area contributed by atoms with E-state index in [-0.39, 0.29) is 0 Å². The molecular formula is C21H19NO. The molecule has 2 heterocycles.